The molecule has 0 saturated heterocycles. The molecule has 1 atom stereocenters. The summed E-state index contributed by atoms with van der Waals surface area (Å²) in [4.78, 5) is 0. The highest BCUT2D eigenvalue weighted by atomic mass is 35.5. The minimum absolute atomic E-state index is 0.0193. The first-order valence-electron chi connectivity index (χ1n) is 6.41. The number of benzene rings is 2. The lowest BCUT2D eigenvalue weighted by Gasteiger charge is -2.21. The van der Waals surface area contributed by atoms with Crippen LogP contribution in [0.2, 0.25) is 5.02 Å². The third-order valence-electron chi connectivity index (χ3n) is 3.18. The molecule has 20 heavy (non-hydrogen) atoms. The molecule has 0 aliphatic heterocycles. The van der Waals surface area contributed by atoms with Gasteiger partial charge in [0.2, 0.25) is 0 Å². The molecule has 0 fully saturated rings. The average Bonchev–Trinajstić information content (AvgIpc) is 2.46. The molecular formula is C16H16ClF2N. The highest BCUT2D eigenvalue weighted by Gasteiger charge is 2.31. The smallest absolute Gasteiger partial charge is 0.285 e. The molecule has 0 spiro atoms. The Morgan fingerprint density at radius 1 is 1.10 bits per heavy atom. The number of nitrogens with one attached hydrogen (secondary N) is 1. The zero-order chi connectivity index (χ0) is 14.6. The van der Waals surface area contributed by atoms with Crippen molar-refractivity contribution in [3.8, 4) is 0 Å². The zero-order valence-corrected chi connectivity index (χ0v) is 11.9. The molecule has 0 aromatic heterocycles. The maximum atomic E-state index is 14.0. The Labute approximate surface area is 122 Å². The van der Waals surface area contributed by atoms with Crippen LogP contribution in [-0.4, -0.2) is 6.54 Å². The lowest BCUT2D eigenvalue weighted by molar-refractivity contribution is -0.00534. The molecule has 0 aliphatic carbocycles. The first-order valence-corrected chi connectivity index (χ1v) is 6.79. The van der Waals surface area contributed by atoms with Crippen molar-refractivity contribution < 1.29 is 8.78 Å². The molecule has 0 unspecified atom stereocenters. The number of hydrogen-bond donors (Lipinski definition) is 1. The van der Waals surface area contributed by atoms with Crippen LogP contribution in [-0.2, 0) is 5.92 Å². The molecule has 0 heterocycles. The highest BCUT2D eigenvalue weighted by Crippen LogP contribution is 2.28. The van der Waals surface area contributed by atoms with Gasteiger partial charge in [-0.25, -0.2) is 0 Å². The van der Waals surface area contributed by atoms with Crippen molar-refractivity contribution in [3.63, 3.8) is 0 Å². The van der Waals surface area contributed by atoms with E-state index in [0.717, 1.165) is 5.56 Å². The Kier molecular flexibility index (Phi) is 4.73. The maximum Gasteiger partial charge on any atom is 0.285 e. The van der Waals surface area contributed by atoms with Crippen molar-refractivity contribution in [3.05, 3.63) is 70.7 Å². The largest absolute Gasteiger partial charge is 0.304 e. The fourth-order valence-electron chi connectivity index (χ4n) is 1.96. The fourth-order valence-corrected chi connectivity index (χ4v) is 2.16. The molecule has 2 rings (SSSR count). The lowest BCUT2D eigenvalue weighted by Crippen LogP contribution is -2.32. The standard InChI is InChI=1S/C16H16ClF2N/c1-12(13-6-5-9-15(17)10-13)20-11-16(18,19)14-7-3-2-4-8-14/h2-10,12,20H,11H2,1H3/t12-/m1/s1. The van der Waals surface area contributed by atoms with Gasteiger partial charge >= 0.3 is 0 Å². The number of hydrogen-bond acceptors (Lipinski definition) is 1. The molecule has 0 amide bonds. The van der Waals surface area contributed by atoms with Crippen LogP contribution in [0.1, 0.15) is 24.1 Å². The summed E-state index contributed by atoms with van der Waals surface area (Å²) in [6, 6.07) is 14.8. The van der Waals surface area contributed by atoms with Crippen molar-refractivity contribution in [1.29, 1.82) is 0 Å². The maximum absolute atomic E-state index is 14.0. The lowest BCUT2D eigenvalue weighted by atomic mass is 10.1. The third-order valence-corrected chi connectivity index (χ3v) is 3.41. The molecule has 0 bridgehead atoms. The summed E-state index contributed by atoms with van der Waals surface area (Å²) >= 11 is 5.90. The monoisotopic (exact) mass is 295 g/mol. The van der Waals surface area contributed by atoms with Gasteiger partial charge in [0.25, 0.3) is 5.92 Å². The summed E-state index contributed by atoms with van der Waals surface area (Å²) in [6.07, 6.45) is 0. The molecule has 1 nitrogen and oxygen atoms in total. The molecular weight excluding hydrogens is 280 g/mol. The minimum Gasteiger partial charge on any atom is -0.304 e. The Morgan fingerprint density at radius 2 is 1.80 bits per heavy atom. The van der Waals surface area contributed by atoms with E-state index in [1.807, 2.05) is 19.1 Å². The second-order valence-electron chi connectivity index (χ2n) is 4.73. The van der Waals surface area contributed by atoms with E-state index >= 15 is 0 Å². The van der Waals surface area contributed by atoms with Crippen LogP contribution in [0.4, 0.5) is 8.78 Å². The van der Waals surface area contributed by atoms with Crippen LogP contribution in [0.3, 0.4) is 0 Å². The minimum atomic E-state index is -2.89. The molecule has 2 aromatic carbocycles. The summed E-state index contributed by atoms with van der Waals surface area (Å²) in [6.45, 7) is 1.43. The van der Waals surface area contributed by atoms with Crippen LogP contribution < -0.4 is 5.32 Å². The van der Waals surface area contributed by atoms with Crippen LogP contribution in [0, 0.1) is 0 Å². The van der Waals surface area contributed by atoms with Gasteiger partial charge in [0, 0.05) is 16.6 Å². The van der Waals surface area contributed by atoms with Crippen LogP contribution in [0.15, 0.2) is 54.6 Å². The predicted molar refractivity (Wildman–Crippen MR) is 78.2 cm³/mol. The van der Waals surface area contributed by atoms with Crippen LogP contribution >= 0.6 is 11.6 Å². The van der Waals surface area contributed by atoms with Crippen molar-refractivity contribution in [2.75, 3.05) is 6.54 Å². The molecule has 1 N–H and O–H groups in total. The van der Waals surface area contributed by atoms with Gasteiger partial charge in [-0.15, -0.1) is 0 Å². The summed E-state index contributed by atoms with van der Waals surface area (Å²) in [5.74, 6) is -2.89. The van der Waals surface area contributed by atoms with Gasteiger partial charge in [0.05, 0.1) is 6.54 Å². The Hall–Kier alpha value is -1.45. The van der Waals surface area contributed by atoms with Gasteiger partial charge < -0.3 is 5.32 Å². The van der Waals surface area contributed by atoms with E-state index in [-0.39, 0.29) is 11.6 Å². The van der Waals surface area contributed by atoms with Crippen molar-refractivity contribution in [2.24, 2.45) is 0 Å². The second kappa shape index (κ2) is 6.33. The van der Waals surface area contributed by atoms with E-state index in [9.17, 15) is 8.78 Å². The Morgan fingerprint density at radius 3 is 2.45 bits per heavy atom. The van der Waals surface area contributed by atoms with Crippen molar-refractivity contribution >= 4 is 11.6 Å². The summed E-state index contributed by atoms with van der Waals surface area (Å²) < 4.78 is 28.0. The van der Waals surface area contributed by atoms with Crippen LogP contribution in [0.25, 0.3) is 0 Å². The van der Waals surface area contributed by atoms with E-state index < -0.39 is 12.5 Å². The number of alkyl halides is 2. The summed E-state index contributed by atoms with van der Waals surface area (Å²) in [7, 11) is 0. The normalized spacial score (nSPS) is 13.2. The van der Waals surface area contributed by atoms with Gasteiger partial charge in [-0.1, -0.05) is 54.1 Å². The predicted octanol–water partition coefficient (Wildman–Crippen LogP) is 4.78. The van der Waals surface area contributed by atoms with Gasteiger partial charge in [-0.2, -0.15) is 8.78 Å². The molecule has 2 aromatic rings. The average molecular weight is 296 g/mol. The number of rotatable bonds is 5. The molecule has 0 aliphatic rings. The van der Waals surface area contributed by atoms with Crippen molar-refractivity contribution in [1.82, 2.24) is 5.32 Å². The van der Waals surface area contributed by atoms with Crippen molar-refractivity contribution in [2.45, 2.75) is 18.9 Å². The fraction of sp³-hybridized carbons (Fsp3) is 0.250. The molecule has 0 saturated carbocycles. The first-order chi connectivity index (χ1) is 9.49. The molecule has 4 heteroatoms. The van der Waals surface area contributed by atoms with E-state index in [2.05, 4.69) is 5.32 Å². The van der Waals surface area contributed by atoms with Gasteiger partial charge in [0.15, 0.2) is 0 Å². The highest BCUT2D eigenvalue weighted by molar-refractivity contribution is 6.30. The Bertz CT molecular complexity index is 557. The van der Waals surface area contributed by atoms with E-state index in [1.54, 1.807) is 30.3 Å². The van der Waals surface area contributed by atoms with Crippen LogP contribution in [0.5, 0.6) is 0 Å². The summed E-state index contributed by atoms with van der Waals surface area (Å²) in [5.41, 5.74) is 0.909. The quantitative estimate of drug-likeness (QED) is 0.837. The van der Waals surface area contributed by atoms with Gasteiger partial charge in [-0.3, -0.25) is 0 Å². The molecule has 106 valence electrons. The van der Waals surface area contributed by atoms with E-state index in [4.69, 9.17) is 11.6 Å². The SMILES string of the molecule is C[C@@H](NCC(F)(F)c1ccccc1)c1cccc(Cl)c1. The van der Waals surface area contributed by atoms with E-state index in [0.29, 0.717) is 5.02 Å². The summed E-state index contributed by atoms with van der Waals surface area (Å²) in [5, 5.41) is 3.46. The first kappa shape index (κ1) is 14.9. The molecule has 0 radical (unpaired) electrons. The number of halogens is 3. The zero-order valence-electron chi connectivity index (χ0n) is 11.1. The van der Waals surface area contributed by atoms with E-state index in [1.165, 1.54) is 12.1 Å². The Balaban J connectivity index is 2.01. The third kappa shape index (κ3) is 3.78. The second-order valence-corrected chi connectivity index (χ2v) is 5.16. The van der Waals surface area contributed by atoms with Gasteiger partial charge in [0.1, 0.15) is 0 Å². The topological polar surface area (TPSA) is 12.0 Å². The van der Waals surface area contributed by atoms with Gasteiger partial charge in [-0.05, 0) is 24.6 Å².